The van der Waals surface area contributed by atoms with Crippen LogP contribution in [0.1, 0.15) is 43.4 Å². The van der Waals surface area contributed by atoms with Gasteiger partial charge in [0, 0.05) is 18.5 Å². The highest BCUT2D eigenvalue weighted by atomic mass is 16.5. The van der Waals surface area contributed by atoms with Crippen LogP contribution in [0.15, 0.2) is 66.1 Å². The van der Waals surface area contributed by atoms with E-state index in [-0.39, 0.29) is 12.5 Å². The van der Waals surface area contributed by atoms with E-state index in [2.05, 4.69) is 22.9 Å². The van der Waals surface area contributed by atoms with Gasteiger partial charge in [-0.05, 0) is 67.3 Å². The number of allylic oxidation sites excluding steroid dienone is 4. The second-order valence-corrected chi connectivity index (χ2v) is 7.95. The third-order valence-electron chi connectivity index (χ3n) is 5.74. The molecule has 7 heteroatoms. The smallest absolute Gasteiger partial charge is 0.303 e. The predicted octanol–water partition coefficient (Wildman–Crippen LogP) is 5.20. The van der Waals surface area contributed by atoms with E-state index < -0.39 is 5.97 Å². The summed E-state index contributed by atoms with van der Waals surface area (Å²) < 4.78 is 7.55. The van der Waals surface area contributed by atoms with Crippen LogP contribution in [-0.2, 0) is 11.2 Å². The minimum atomic E-state index is -0.815. The number of aliphatic carboxylic acids is 1. The van der Waals surface area contributed by atoms with Crippen LogP contribution < -0.4 is 10.1 Å². The Morgan fingerprint density at radius 3 is 2.78 bits per heavy atom. The topological polar surface area (TPSA) is 96.6 Å². The van der Waals surface area contributed by atoms with Crippen molar-refractivity contribution in [2.75, 3.05) is 12.4 Å². The minimum Gasteiger partial charge on any atom is -0.512 e. The number of hydrogen-bond donors (Lipinski definition) is 3. The number of hydrogen-bond acceptors (Lipinski definition) is 5. The molecule has 0 radical (unpaired) electrons. The molecule has 0 fully saturated rings. The Kier molecular flexibility index (Phi) is 6.16. The first-order valence-corrected chi connectivity index (χ1v) is 10.7. The third kappa shape index (κ3) is 4.61. The molecule has 1 atom stereocenters. The average Bonchev–Trinajstić information content (AvgIpc) is 3.15. The van der Waals surface area contributed by atoms with E-state index in [1.54, 1.807) is 13.2 Å². The Morgan fingerprint density at radius 1 is 1.22 bits per heavy atom. The molecule has 4 rings (SSSR count). The Bertz CT molecular complexity index is 1210. The SMILES string of the molecule is COc1cccc(C(C)n2c(NC3=CC=C(O)CC3)nc3cc(CCC(=O)O)ccc32)c1. The summed E-state index contributed by atoms with van der Waals surface area (Å²) in [6, 6.07) is 13.9. The zero-order chi connectivity index (χ0) is 22.7. The zero-order valence-electron chi connectivity index (χ0n) is 18.2. The molecule has 0 amide bonds. The van der Waals surface area contributed by atoms with Crippen molar-refractivity contribution in [3.63, 3.8) is 0 Å². The molecule has 3 N–H and O–H groups in total. The molecular formula is C25H27N3O4. The summed E-state index contributed by atoms with van der Waals surface area (Å²) in [6.45, 7) is 2.11. The molecule has 0 saturated heterocycles. The van der Waals surface area contributed by atoms with Crippen molar-refractivity contribution in [1.29, 1.82) is 0 Å². The average molecular weight is 434 g/mol. The van der Waals surface area contributed by atoms with Gasteiger partial charge in [0.2, 0.25) is 5.95 Å². The van der Waals surface area contributed by atoms with E-state index in [1.807, 2.05) is 42.5 Å². The number of ether oxygens (including phenoxy) is 1. The maximum atomic E-state index is 11.0. The molecule has 0 bridgehead atoms. The molecule has 1 aromatic heterocycles. The largest absolute Gasteiger partial charge is 0.512 e. The molecular weight excluding hydrogens is 406 g/mol. The van der Waals surface area contributed by atoms with Gasteiger partial charge in [-0.2, -0.15) is 0 Å². The van der Waals surface area contributed by atoms with Gasteiger partial charge in [-0.25, -0.2) is 4.98 Å². The van der Waals surface area contributed by atoms with Gasteiger partial charge < -0.3 is 24.8 Å². The molecule has 0 saturated carbocycles. The van der Waals surface area contributed by atoms with Crippen LogP contribution in [0.25, 0.3) is 11.0 Å². The van der Waals surface area contributed by atoms with Crippen LogP contribution >= 0.6 is 0 Å². The summed E-state index contributed by atoms with van der Waals surface area (Å²) in [4.78, 5) is 15.8. The molecule has 3 aromatic rings. The second kappa shape index (κ2) is 9.18. The van der Waals surface area contributed by atoms with Gasteiger partial charge in [0.05, 0.1) is 29.9 Å². The number of aliphatic hydroxyl groups is 1. The Balaban J connectivity index is 1.77. The highest BCUT2D eigenvalue weighted by Crippen LogP contribution is 2.32. The van der Waals surface area contributed by atoms with E-state index in [4.69, 9.17) is 14.8 Å². The lowest BCUT2D eigenvalue weighted by atomic mass is 10.1. The third-order valence-corrected chi connectivity index (χ3v) is 5.74. The number of carboxylic acids is 1. The number of carbonyl (C=O) groups is 1. The lowest BCUT2D eigenvalue weighted by Gasteiger charge is -2.21. The highest BCUT2D eigenvalue weighted by Gasteiger charge is 2.20. The van der Waals surface area contributed by atoms with Gasteiger partial charge in [0.25, 0.3) is 0 Å². The number of nitrogens with zero attached hydrogens (tertiary/aromatic N) is 2. The van der Waals surface area contributed by atoms with Crippen molar-refractivity contribution in [3.8, 4) is 5.75 Å². The first-order valence-electron chi connectivity index (χ1n) is 10.7. The van der Waals surface area contributed by atoms with Crippen LogP contribution in [0, 0.1) is 0 Å². The maximum Gasteiger partial charge on any atom is 0.303 e. The Labute approximate surface area is 186 Å². The maximum absolute atomic E-state index is 11.0. The summed E-state index contributed by atoms with van der Waals surface area (Å²) in [6.07, 6.45) is 5.40. The lowest BCUT2D eigenvalue weighted by Crippen LogP contribution is -2.13. The van der Waals surface area contributed by atoms with Crippen molar-refractivity contribution in [3.05, 3.63) is 77.2 Å². The molecule has 0 spiro atoms. The van der Waals surface area contributed by atoms with Gasteiger partial charge in [-0.3, -0.25) is 4.79 Å². The number of aliphatic hydroxyl groups excluding tert-OH is 1. The van der Waals surface area contributed by atoms with Crippen LogP contribution in [0.5, 0.6) is 5.75 Å². The number of aromatic nitrogens is 2. The molecule has 1 aliphatic carbocycles. The van der Waals surface area contributed by atoms with Gasteiger partial charge in [-0.15, -0.1) is 0 Å². The normalized spacial score (nSPS) is 14.6. The molecule has 1 unspecified atom stereocenters. The summed E-state index contributed by atoms with van der Waals surface area (Å²) in [5, 5.41) is 22.1. The van der Waals surface area contributed by atoms with Crippen LogP contribution in [0.4, 0.5) is 5.95 Å². The fourth-order valence-electron chi connectivity index (χ4n) is 3.96. The lowest BCUT2D eigenvalue weighted by molar-refractivity contribution is -0.136. The predicted molar refractivity (Wildman–Crippen MR) is 124 cm³/mol. The second-order valence-electron chi connectivity index (χ2n) is 7.95. The van der Waals surface area contributed by atoms with E-state index in [0.717, 1.165) is 33.6 Å². The van der Waals surface area contributed by atoms with Gasteiger partial charge >= 0.3 is 5.97 Å². The number of imidazole rings is 1. The molecule has 166 valence electrons. The quantitative estimate of drug-likeness (QED) is 0.452. The summed E-state index contributed by atoms with van der Waals surface area (Å²) in [7, 11) is 1.65. The van der Waals surface area contributed by atoms with E-state index in [1.165, 1.54) is 0 Å². The molecule has 2 aromatic carbocycles. The van der Waals surface area contributed by atoms with E-state index >= 15 is 0 Å². The van der Waals surface area contributed by atoms with Crippen LogP contribution in [0.2, 0.25) is 0 Å². The van der Waals surface area contributed by atoms with E-state index in [9.17, 15) is 9.90 Å². The van der Waals surface area contributed by atoms with Crippen molar-refractivity contribution in [1.82, 2.24) is 9.55 Å². The van der Waals surface area contributed by atoms with Crippen molar-refractivity contribution >= 4 is 23.0 Å². The van der Waals surface area contributed by atoms with Gasteiger partial charge in [0.15, 0.2) is 0 Å². The Morgan fingerprint density at radius 2 is 2.06 bits per heavy atom. The van der Waals surface area contributed by atoms with E-state index in [0.29, 0.717) is 31.0 Å². The van der Waals surface area contributed by atoms with Crippen molar-refractivity contribution in [2.45, 2.75) is 38.6 Å². The molecule has 1 heterocycles. The molecule has 1 aliphatic rings. The molecule has 32 heavy (non-hydrogen) atoms. The fourth-order valence-corrected chi connectivity index (χ4v) is 3.96. The number of carboxylic acid groups (broad SMARTS) is 1. The molecule has 7 nitrogen and oxygen atoms in total. The Hall–Kier alpha value is -3.74. The number of nitrogens with one attached hydrogen (secondary N) is 1. The molecule has 0 aliphatic heterocycles. The highest BCUT2D eigenvalue weighted by molar-refractivity contribution is 5.80. The fraction of sp³-hybridized carbons (Fsp3) is 0.280. The number of benzene rings is 2. The minimum absolute atomic E-state index is 0.0318. The summed E-state index contributed by atoms with van der Waals surface area (Å²) in [5.41, 5.74) is 4.76. The summed E-state index contributed by atoms with van der Waals surface area (Å²) >= 11 is 0. The number of fused-ring (bicyclic) bond motifs is 1. The van der Waals surface area contributed by atoms with Crippen LogP contribution in [-0.4, -0.2) is 32.8 Å². The first kappa shape index (κ1) is 21.5. The van der Waals surface area contributed by atoms with Crippen molar-refractivity contribution in [2.24, 2.45) is 0 Å². The van der Waals surface area contributed by atoms with Gasteiger partial charge in [-0.1, -0.05) is 18.2 Å². The number of aryl methyl sites for hydroxylation is 1. The first-order chi connectivity index (χ1) is 15.4. The number of methoxy groups -OCH3 is 1. The van der Waals surface area contributed by atoms with Gasteiger partial charge in [0.1, 0.15) is 5.75 Å². The number of rotatable bonds is 8. The van der Waals surface area contributed by atoms with Crippen LogP contribution in [0.3, 0.4) is 0 Å². The zero-order valence-corrected chi connectivity index (χ0v) is 18.2. The number of anilines is 1. The van der Waals surface area contributed by atoms with Crippen molar-refractivity contribution < 1.29 is 19.7 Å². The monoisotopic (exact) mass is 433 g/mol. The standard InChI is InChI=1S/C25H27N3O4/c1-16(18-4-3-5-21(15-18)32-2)28-23-12-6-17(7-13-24(30)31)14-22(23)27-25(28)26-19-8-10-20(29)11-9-19/h3-6,8,10,12,14-16,29H,7,9,11,13H2,1-2H3,(H,26,27)(H,30,31). The summed E-state index contributed by atoms with van der Waals surface area (Å²) in [5.74, 6) is 1.05.